The summed E-state index contributed by atoms with van der Waals surface area (Å²) in [5.41, 5.74) is 0.473. The number of benzene rings is 6. The molecule has 6 aromatic carbocycles. The first-order valence-corrected chi connectivity index (χ1v) is 14.1. The van der Waals surface area contributed by atoms with Crippen LogP contribution in [0.15, 0.2) is 115 Å². The predicted octanol–water partition coefficient (Wildman–Crippen LogP) is 8.20. The van der Waals surface area contributed by atoms with Crippen LogP contribution >= 0.6 is 6.89 Å². The number of hydrogen-bond acceptors (Lipinski definition) is 0. The summed E-state index contributed by atoms with van der Waals surface area (Å²) in [5, 5.41) is 9.87. The van der Waals surface area contributed by atoms with Gasteiger partial charge in [0.25, 0.3) is 0 Å². The molecule has 0 fully saturated rings. The van der Waals surface area contributed by atoms with Crippen molar-refractivity contribution in [1.82, 2.24) is 0 Å². The van der Waals surface area contributed by atoms with Crippen molar-refractivity contribution in [2.45, 2.75) is 13.1 Å². The van der Waals surface area contributed by atoms with E-state index in [4.69, 9.17) is 6.30 Å². The molecule has 0 saturated carbocycles. The van der Waals surface area contributed by atoms with Gasteiger partial charge in [-0.3, -0.25) is 0 Å². The highest BCUT2D eigenvalue weighted by molar-refractivity contribution is 7.93. The minimum atomic E-state index is -4.38. The van der Waals surface area contributed by atoms with E-state index < -0.39 is 18.6 Å². The number of halogens is 3. The second-order valence-electron chi connectivity index (χ2n) is 9.51. The number of alkyl halides is 3. The lowest BCUT2D eigenvalue weighted by molar-refractivity contribution is -0.137. The minimum absolute atomic E-state index is 0.650. The summed E-state index contributed by atoms with van der Waals surface area (Å²) in [6.07, 6.45) is 0.399. The molecule has 6 rings (SSSR count). The Kier molecular flexibility index (Phi) is 5.51. The van der Waals surface area contributed by atoms with Crippen LogP contribution in [0.25, 0.3) is 32.3 Å². The van der Waals surface area contributed by atoms with Gasteiger partial charge in [0.1, 0.15) is 0 Å². The summed E-state index contributed by atoms with van der Waals surface area (Å²) in [6, 6.07) is 37.0. The van der Waals surface area contributed by atoms with Crippen LogP contribution in [0.3, 0.4) is 0 Å². The number of hydrogen-bond donors (Lipinski definition) is 0. The van der Waals surface area contributed by atoms with Crippen molar-refractivity contribution in [3.05, 3.63) is 126 Å². The zero-order chi connectivity index (χ0) is 25.8. The van der Waals surface area contributed by atoms with Crippen LogP contribution in [0, 0.1) is 6.92 Å². The van der Waals surface area contributed by atoms with Gasteiger partial charge >= 0.3 is 6.18 Å². The Bertz CT molecular complexity index is 1790. The Morgan fingerprint density at radius 1 is 0.514 bits per heavy atom. The lowest BCUT2D eigenvalue weighted by Gasteiger charge is -2.28. The lowest BCUT2D eigenvalue weighted by Crippen LogP contribution is -2.26. The van der Waals surface area contributed by atoms with Gasteiger partial charge in [-0.05, 0) is 80.2 Å². The molecule has 0 saturated heterocycles. The zero-order valence-electron chi connectivity index (χ0n) is 20.3. The molecule has 0 bridgehead atoms. The Morgan fingerprint density at radius 2 is 0.919 bits per heavy atom. The smallest absolute Gasteiger partial charge is 0.166 e. The molecule has 1 unspecified atom stereocenters. The van der Waals surface area contributed by atoms with E-state index in [1.807, 2.05) is 25.1 Å². The normalized spacial score (nSPS) is 13.7. The van der Waals surface area contributed by atoms with Crippen LogP contribution in [0.2, 0.25) is 0 Å². The average molecular weight is 509 g/mol. The summed E-state index contributed by atoms with van der Waals surface area (Å²) in [5.74, 6) is 0. The minimum Gasteiger partial charge on any atom is -0.166 e. The topological polar surface area (TPSA) is 0 Å². The molecule has 0 radical (unpaired) electrons. The Balaban J connectivity index is 1.66. The molecular weight excluding hydrogens is 484 g/mol. The Labute approximate surface area is 214 Å². The van der Waals surface area contributed by atoms with E-state index in [0.717, 1.165) is 37.6 Å². The standard InChI is InChI=1S/C33H24F3P/c1-22-11-15-24(16-12-22)37(2,25-17-13-23(14-18-25)33(34,35)36)26-19-20-31-29-9-4-3-7-27(29)28-8-5-6-10-30(28)32(31)21-26/h3-21H,2H2,1H3. The van der Waals surface area contributed by atoms with Gasteiger partial charge in [0.05, 0.1) is 5.56 Å². The first-order chi connectivity index (χ1) is 17.8. The molecular formula is C33H24F3P. The monoisotopic (exact) mass is 508 g/mol. The molecule has 0 heterocycles. The van der Waals surface area contributed by atoms with E-state index in [0.29, 0.717) is 0 Å². The number of fused-ring (bicyclic) bond motifs is 6. The second kappa shape index (κ2) is 8.64. The Hall–Kier alpha value is -3.81. The summed E-state index contributed by atoms with van der Waals surface area (Å²) < 4.78 is 40.1. The van der Waals surface area contributed by atoms with Gasteiger partial charge in [-0.2, -0.15) is 13.2 Å². The predicted molar refractivity (Wildman–Crippen MR) is 155 cm³/mol. The average Bonchev–Trinajstić information content (AvgIpc) is 2.92. The fraction of sp³-hybridized carbons (Fsp3) is 0.0606. The van der Waals surface area contributed by atoms with Gasteiger partial charge < -0.3 is 0 Å². The highest BCUT2D eigenvalue weighted by atomic mass is 31.2. The van der Waals surface area contributed by atoms with Crippen LogP contribution in [0.5, 0.6) is 0 Å². The molecule has 0 aliphatic rings. The maximum atomic E-state index is 13.4. The fourth-order valence-electron chi connectivity index (χ4n) is 5.28. The SMILES string of the molecule is C=P(c1ccc(C)cc1)(c1ccc(C(F)(F)F)cc1)c1ccc2c3ccccc3c3ccccc3c2c1. The van der Waals surface area contributed by atoms with Gasteiger partial charge in [0.15, 0.2) is 0 Å². The highest BCUT2D eigenvalue weighted by Crippen LogP contribution is 2.44. The summed E-state index contributed by atoms with van der Waals surface area (Å²) in [4.78, 5) is 0. The molecule has 37 heavy (non-hydrogen) atoms. The Morgan fingerprint density at radius 3 is 1.41 bits per heavy atom. The molecule has 0 N–H and O–H groups in total. The number of rotatable bonds is 3. The first kappa shape index (κ1) is 23.6. The third-order valence-corrected chi connectivity index (χ3v) is 10.8. The summed E-state index contributed by atoms with van der Waals surface area (Å²) in [6.45, 7) is -0.452. The van der Waals surface area contributed by atoms with Crippen LogP contribution in [-0.2, 0) is 6.18 Å². The van der Waals surface area contributed by atoms with E-state index in [2.05, 4.69) is 72.8 Å². The largest absolute Gasteiger partial charge is 0.416 e. The van der Waals surface area contributed by atoms with Crippen molar-refractivity contribution in [1.29, 1.82) is 0 Å². The zero-order valence-corrected chi connectivity index (χ0v) is 21.2. The molecule has 0 aromatic heterocycles. The van der Waals surface area contributed by atoms with E-state index in [9.17, 15) is 13.2 Å². The van der Waals surface area contributed by atoms with E-state index in [1.54, 1.807) is 12.1 Å². The van der Waals surface area contributed by atoms with Gasteiger partial charge in [0.2, 0.25) is 0 Å². The van der Waals surface area contributed by atoms with E-state index in [-0.39, 0.29) is 0 Å². The maximum absolute atomic E-state index is 13.4. The molecule has 182 valence electrons. The third-order valence-electron chi connectivity index (χ3n) is 7.28. The third kappa shape index (κ3) is 3.86. The molecule has 4 heteroatoms. The van der Waals surface area contributed by atoms with E-state index in [1.165, 1.54) is 28.3 Å². The van der Waals surface area contributed by atoms with Gasteiger partial charge in [-0.25, -0.2) is 0 Å². The van der Waals surface area contributed by atoms with Crippen molar-refractivity contribution < 1.29 is 13.2 Å². The van der Waals surface area contributed by atoms with Crippen LogP contribution in [-0.4, -0.2) is 6.30 Å². The van der Waals surface area contributed by atoms with Gasteiger partial charge in [-0.15, -0.1) is 0 Å². The molecule has 0 amide bonds. The van der Waals surface area contributed by atoms with Crippen LogP contribution in [0.1, 0.15) is 11.1 Å². The van der Waals surface area contributed by atoms with Crippen molar-refractivity contribution in [3.8, 4) is 0 Å². The molecule has 0 nitrogen and oxygen atoms in total. The lowest BCUT2D eigenvalue weighted by atomic mass is 9.94. The highest BCUT2D eigenvalue weighted by Gasteiger charge is 2.31. The second-order valence-corrected chi connectivity index (χ2v) is 12.7. The van der Waals surface area contributed by atoms with Crippen molar-refractivity contribution in [3.63, 3.8) is 0 Å². The molecule has 6 aromatic rings. The summed E-state index contributed by atoms with van der Waals surface area (Å²) >= 11 is 0. The molecule has 1 atom stereocenters. The van der Waals surface area contributed by atoms with Crippen LogP contribution in [0.4, 0.5) is 13.2 Å². The molecule has 0 spiro atoms. The molecule has 0 aliphatic carbocycles. The quantitative estimate of drug-likeness (QED) is 0.167. The van der Waals surface area contributed by atoms with Crippen LogP contribution < -0.4 is 15.9 Å². The van der Waals surface area contributed by atoms with Gasteiger partial charge in [-0.1, -0.05) is 109 Å². The van der Waals surface area contributed by atoms with E-state index >= 15 is 0 Å². The fourth-order valence-corrected chi connectivity index (χ4v) is 8.17. The van der Waals surface area contributed by atoms with Crippen molar-refractivity contribution >= 4 is 61.4 Å². The van der Waals surface area contributed by atoms with Crippen molar-refractivity contribution in [2.75, 3.05) is 0 Å². The maximum Gasteiger partial charge on any atom is 0.416 e. The first-order valence-electron chi connectivity index (χ1n) is 12.1. The number of aryl methyl sites for hydroxylation is 1. The summed E-state index contributed by atoms with van der Waals surface area (Å²) in [7, 11) is 0. The van der Waals surface area contributed by atoms with Crippen molar-refractivity contribution in [2.24, 2.45) is 0 Å². The van der Waals surface area contributed by atoms with Gasteiger partial charge in [0, 0.05) is 0 Å². The molecule has 0 aliphatic heterocycles.